The number of alkyl carbamates (subject to hydrolysis) is 1. The molecular formula is C24H31NO2. The molecule has 0 heterocycles. The molecule has 2 aromatic rings. The van der Waals surface area contributed by atoms with Gasteiger partial charge in [-0.05, 0) is 52.2 Å². The Bertz CT molecular complexity index is 714. The van der Waals surface area contributed by atoms with Crippen LogP contribution in [0.15, 0.2) is 72.3 Å². The molecule has 3 heteroatoms. The molecule has 144 valence electrons. The van der Waals surface area contributed by atoms with Gasteiger partial charge in [-0.2, -0.15) is 0 Å². The first-order valence-electron chi connectivity index (χ1n) is 9.44. The Labute approximate surface area is 163 Å². The van der Waals surface area contributed by atoms with E-state index in [1.165, 1.54) is 16.7 Å². The normalized spacial score (nSPS) is 11.6. The van der Waals surface area contributed by atoms with Crippen LogP contribution in [0.25, 0.3) is 0 Å². The number of benzene rings is 2. The second-order valence-corrected chi connectivity index (χ2v) is 8.16. The van der Waals surface area contributed by atoms with E-state index in [1.807, 2.05) is 57.2 Å². The highest BCUT2D eigenvalue weighted by Gasteiger charge is 2.34. The summed E-state index contributed by atoms with van der Waals surface area (Å²) in [5.74, 6) is 0. The molecule has 27 heavy (non-hydrogen) atoms. The fourth-order valence-electron chi connectivity index (χ4n) is 3.11. The number of rotatable bonds is 6. The maximum Gasteiger partial charge on any atom is 0.407 e. The van der Waals surface area contributed by atoms with Gasteiger partial charge in [0.25, 0.3) is 0 Å². The zero-order valence-electron chi connectivity index (χ0n) is 17.1. The summed E-state index contributed by atoms with van der Waals surface area (Å²) >= 11 is 0. The van der Waals surface area contributed by atoms with Crippen molar-refractivity contribution >= 4 is 6.09 Å². The summed E-state index contributed by atoms with van der Waals surface area (Å²) in [7, 11) is 0. The van der Waals surface area contributed by atoms with Crippen molar-refractivity contribution in [3.8, 4) is 0 Å². The first-order chi connectivity index (χ1) is 12.7. The Morgan fingerprint density at radius 3 is 1.81 bits per heavy atom. The lowest BCUT2D eigenvalue weighted by molar-refractivity contribution is 0.0518. The summed E-state index contributed by atoms with van der Waals surface area (Å²) in [5.41, 5.74) is 2.71. The van der Waals surface area contributed by atoms with Crippen molar-refractivity contribution in [2.75, 3.05) is 6.54 Å². The van der Waals surface area contributed by atoms with Crippen LogP contribution in [-0.2, 0) is 10.2 Å². The lowest BCUT2D eigenvalue weighted by Gasteiger charge is -2.35. The fraction of sp³-hybridized carbons (Fsp3) is 0.375. The van der Waals surface area contributed by atoms with Crippen molar-refractivity contribution in [3.05, 3.63) is 83.4 Å². The van der Waals surface area contributed by atoms with Crippen molar-refractivity contribution in [1.29, 1.82) is 0 Å². The van der Waals surface area contributed by atoms with Gasteiger partial charge in [-0.15, -0.1) is 0 Å². The van der Waals surface area contributed by atoms with Crippen LogP contribution in [0.4, 0.5) is 4.79 Å². The van der Waals surface area contributed by atoms with Crippen LogP contribution < -0.4 is 5.32 Å². The molecule has 2 rings (SSSR count). The Morgan fingerprint density at radius 1 is 0.926 bits per heavy atom. The van der Waals surface area contributed by atoms with E-state index in [1.54, 1.807) is 0 Å². The van der Waals surface area contributed by atoms with Crippen molar-refractivity contribution in [2.45, 2.75) is 52.1 Å². The van der Waals surface area contributed by atoms with Gasteiger partial charge in [-0.3, -0.25) is 0 Å². The summed E-state index contributed by atoms with van der Waals surface area (Å²) < 4.78 is 5.46. The molecule has 0 bridgehead atoms. The third-order valence-electron chi connectivity index (χ3n) is 4.44. The second kappa shape index (κ2) is 8.90. The summed E-state index contributed by atoms with van der Waals surface area (Å²) in [6.07, 6.45) is 2.63. The van der Waals surface area contributed by atoms with Gasteiger partial charge in [0.1, 0.15) is 5.60 Å². The molecule has 0 fully saturated rings. The Balaban J connectivity index is 2.45. The minimum atomic E-state index is -0.522. The van der Waals surface area contributed by atoms with Crippen molar-refractivity contribution < 1.29 is 9.53 Å². The van der Waals surface area contributed by atoms with Gasteiger partial charge < -0.3 is 10.1 Å². The first kappa shape index (κ1) is 20.8. The number of allylic oxidation sites excluding steroid dienone is 2. The first-order valence-corrected chi connectivity index (χ1v) is 9.44. The minimum absolute atomic E-state index is 0.364. The van der Waals surface area contributed by atoms with Crippen LogP contribution in [0, 0.1) is 0 Å². The molecular weight excluding hydrogens is 334 g/mol. The van der Waals surface area contributed by atoms with Gasteiger partial charge in [0.05, 0.1) is 0 Å². The van der Waals surface area contributed by atoms with Gasteiger partial charge in [0, 0.05) is 12.0 Å². The zero-order chi connectivity index (χ0) is 19.9. The van der Waals surface area contributed by atoms with Gasteiger partial charge in [-0.1, -0.05) is 72.3 Å². The number of carbonyl (C=O) groups excluding carboxylic acids is 1. The van der Waals surface area contributed by atoms with Crippen LogP contribution >= 0.6 is 0 Å². The van der Waals surface area contributed by atoms with Crippen molar-refractivity contribution in [2.24, 2.45) is 0 Å². The molecule has 0 saturated carbocycles. The Hall–Kier alpha value is -2.55. The number of carbonyl (C=O) groups is 1. The molecule has 1 N–H and O–H groups in total. The summed E-state index contributed by atoms with van der Waals surface area (Å²) in [6, 6.07) is 20.7. The third-order valence-corrected chi connectivity index (χ3v) is 4.44. The molecule has 0 unspecified atom stereocenters. The molecule has 2 aromatic carbocycles. The lowest BCUT2D eigenvalue weighted by Crippen LogP contribution is -2.43. The van der Waals surface area contributed by atoms with E-state index >= 15 is 0 Å². The van der Waals surface area contributed by atoms with Crippen LogP contribution in [0.2, 0.25) is 0 Å². The van der Waals surface area contributed by atoms with Crippen LogP contribution in [0.1, 0.15) is 52.2 Å². The fourth-order valence-corrected chi connectivity index (χ4v) is 3.11. The number of hydrogen-bond donors (Lipinski definition) is 1. The number of nitrogens with one attached hydrogen (secondary N) is 1. The van der Waals surface area contributed by atoms with Crippen LogP contribution in [0.5, 0.6) is 0 Å². The van der Waals surface area contributed by atoms with E-state index < -0.39 is 11.7 Å². The summed E-state index contributed by atoms with van der Waals surface area (Å²) in [6.45, 7) is 10.3. The molecule has 0 aliphatic carbocycles. The van der Waals surface area contributed by atoms with E-state index in [-0.39, 0.29) is 5.41 Å². The largest absolute Gasteiger partial charge is 0.444 e. The molecule has 0 saturated heterocycles. The van der Waals surface area contributed by atoms with Gasteiger partial charge in [0.2, 0.25) is 0 Å². The van der Waals surface area contributed by atoms with Crippen molar-refractivity contribution in [1.82, 2.24) is 5.32 Å². The van der Waals surface area contributed by atoms with Crippen molar-refractivity contribution in [3.63, 3.8) is 0 Å². The van der Waals surface area contributed by atoms with Gasteiger partial charge >= 0.3 is 6.09 Å². The SMILES string of the molecule is CC(C)=CCC(CNC(=O)OC(C)(C)C)(c1ccccc1)c1ccccc1. The maximum absolute atomic E-state index is 12.4. The van der Waals surface area contributed by atoms with E-state index in [4.69, 9.17) is 4.74 Å². The van der Waals surface area contributed by atoms with Gasteiger partial charge in [0.15, 0.2) is 0 Å². The quantitative estimate of drug-likeness (QED) is 0.652. The highest BCUT2D eigenvalue weighted by molar-refractivity contribution is 5.68. The molecule has 0 aromatic heterocycles. The second-order valence-electron chi connectivity index (χ2n) is 8.16. The highest BCUT2D eigenvalue weighted by atomic mass is 16.6. The molecule has 0 aliphatic heterocycles. The molecule has 0 atom stereocenters. The highest BCUT2D eigenvalue weighted by Crippen LogP contribution is 2.36. The predicted octanol–water partition coefficient (Wildman–Crippen LogP) is 5.85. The van der Waals surface area contributed by atoms with Crippen LogP contribution in [0.3, 0.4) is 0 Å². The van der Waals surface area contributed by atoms with E-state index in [9.17, 15) is 4.79 Å². The van der Waals surface area contributed by atoms with E-state index in [0.29, 0.717) is 6.54 Å². The topological polar surface area (TPSA) is 38.3 Å². The Morgan fingerprint density at radius 2 is 1.41 bits per heavy atom. The van der Waals surface area contributed by atoms with E-state index in [2.05, 4.69) is 49.5 Å². The average Bonchev–Trinajstić information content (AvgIpc) is 2.62. The molecule has 0 radical (unpaired) electrons. The zero-order valence-corrected chi connectivity index (χ0v) is 17.1. The molecule has 0 spiro atoms. The summed E-state index contributed by atoms with van der Waals surface area (Å²) in [4.78, 5) is 12.4. The monoisotopic (exact) mass is 365 g/mol. The van der Waals surface area contributed by atoms with E-state index in [0.717, 1.165) is 6.42 Å². The smallest absolute Gasteiger partial charge is 0.407 e. The molecule has 3 nitrogen and oxygen atoms in total. The molecule has 1 amide bonds. The lowest BCUT2D eigenvalue weighted by atomic mass is 9.71. The number of hydrogen-bond acceptors (Lipinski definition) is 2. The minimum Gasteiger partial charge on any atom is -0.444 e. The standard InChI is InChI=1S/C24H31NO2/c1-19(2)16-17-24(20-12-8-6-9-13-20,21-14-10-7-11-15-21)18-25-22(26)27-23(3,4)5/h6-16H,17-18H2,1-5H3,(H,25,26). The summed E-state index contributed by atoms with van der Waals surface area (Å²) in [5, 5.41) is 3.01. The maximum atomic E-state index is 12.4. The van der Waals surface area contributed by atoms with Gasteiger partial charge in [-0.25, -0.2) is 4.79 Å². The van der Waals surface area contributed by atoms with Crippen LogP contribution in [-0.4, -0.2) is 18.2 Å². The number of amides is 1. The Kier molecular flexibility index (Phi) is 6.84. The average molecular weight is 366 g/mol. The number of ether oxygens (including phenoxy) is 1. The predicted molar refractivity (Wildman–Crippen MR) is 112 cm³/mol. The third kappa shape index (κ3) is 5.99. The molecule has 0 aliphatic rings.